The molecule has 0 aliphatic carbocycles. The summed E-state index contributed by atoms with van der Waals surface area (Å²) in [4.78, 5) is 18.8. The molecule has 2 heterocycles. The summed E-state index contributed by atoms with van der Waals surface area (Å²) in [7, 11) is 0. The number of aliphatic hydroxyl groups excluding tert-OH is 1. The van der Waals surface area contributed by atoms with E-state index in [4.69, 9.17) is 0 Å². The molecule has 0 aliphatic heterocycles. The number of aromatic amines is 1. The second-order valence-corrected chi connectivity index (χ2v) is 6.76. The Kier molecular flexibility index (Phi) is 3.66. The van der Waals surface area contributed by atoms with Crippen LogP contribution in [0.15, 0.2) is 39.7 Å². The lowest BCUT2D eigenvalue weighted by molar-refractivity contribution is -0.387. The second kappa shape index (κ2) is 5.47. The van der Waals surface area contributed by atoms with E-state index < -0.39 is 11.0 Å². The van der Waals surface area contributed by atoms with Crippen molar-refractivity contribution >= 4 is 39.8 Å². The maximum absolute atomic E-state index is 11.1. The van der Waals surface area contributed by atoms with Crippen molar-refractivity contribution in [2.45, 2.75) is 22.4 Å². The van der Waals surface area contributed by atoms with Crippen LogP contribution in [0, 0.1) is 10.1 Å². The highest BCUT2D eigenvalue weighted by Gasteiger charge is 2.22. The van der Waals surface area contributed by atoms with Crippen LogP contribution in [0.5, 0.6) is 0 Å². The zero-order chi connectivity index (χ0) is 15.0. The maximum atomic E-state index is 11.1. The molecule has 0 saturated carbocycles. The van der Waals surface area contributed by atoms with E-state index in [2.05, 4.69) is 9.97 Å². The largest absolute Gasteiger partial charge is 0.388 e. The van der Waals surface area contributed by atoms with Crippen LogP contribution in [0.2, 0.25) is 0 Å². The zero-order valence-corrected chi connectivity index (χ0v) is 12.6. The van der Waals surface area contributed by atoms with Crippen LogP contribution in [-0.2, 0) is 0 Å². The Hall–Kier alpha value is -1.90. The van der Waals surface area contributed by atoms with Crippen LogP contribution in [0.3, 0.4) is 0 Å². The molecule has 2 N–H and O–H groups in total. The first-order valence-corrected chi connectivity index (χ1v) is 7.76. The van der Waals surface area contributed by atoms with Crippen molar-refractivity contribution in [3.63, 3.8) is 0 Å². The summed E-state index contributed by atoms with van der Waals surface area (Å²) < 4.78 is 0.509. The van der Waals surface area contributed by atoms with Gasteiger partial charge in [-0.25, -0.2) is 4.98 Å². The molecule has 0 fully saturated rings. The average molecular weight is 321 g/mol. The van der Waals surface area contributed by atoms with E-state index >= 15 is 0 Å². The predicted octanol–water partition coefficient (Wildman–Crippen LogP) is 3.74. The van der Waals surface area contributed by atoms with Crippen LogP contribution in [0.25, 0.3) is 11.0 Å². The van der Waals surface area contributed by atoms with E-state index in [0.717, 1.165) is 11.0 Å². The number of aromatic nitrogens is 2. The van der Waals surface area contributed by atoms with Crippen molar-refractivity contribution in [3.8, 4) is 0 Å². The monoisotopic (exact) mass is 321 g/mol. The lowest BCUT2D eigenvalue weighted by Crippen LogP contribution is -1.87. The van der Waals surface area contributed by atoms with E-state index in [1.165, 1.54) is 29.2 Å². The minimum absolute atomic E-state index is 0.00126. The normalized spacial score (nSPS) is 12.7. The van der Waals surface area contributed by atoms with Crippen LogP contribution in [-0.4, -0.2) is 20.0 Å². The molecule has 0 saturated heterocycles. The minimum Gasteiger partial charge on any atom is -0.388 e. The summed E-state index contributed by atoms with van der Waals surface area (Å²) >= 11 is 2.42. The van der Waals surface area contributed by atoms with E-state index in [9.17, 15) is 15.2 Å². The number of para-hydroxylation sites is 2. The molecule has 0 radical (unpaired) electrons. The molecule has 0 spiro atoms. The number of hydrogen-bond donors (Lipinski definition) is 2. The fourth-order valence-electron chi connectivity index (χ4n) is 1.85. The Morgan fingerprint density at radius 1 is 1.48 bits per heavy atom. The number of nitrogens with zero attached hydrogens (tertiary/aromatic N) is 2. The Bertz CT molecular complexity index is 777. The molecular formula is C13H11N3O3S2. The summed E-state index contributed by atoms with van der Waals surface area (Å²) in [5.74, 6) is 0. The molecule has 1 atom stereocenters. The fraction of sp³-hybridized carbons (Fsp3) is 0.154. The van der Waals surface area contributed by atoms with Gasteiger partial charge in [0, 0.05) is 10.9 Å². The third-order valence-corrected chi connectivity index (χ3v) is 5.23. The molecule has 2 aromatic heterocycles. The van der Waals surface area contributed by atoms with Gasteiger partial charge in [-0.3, -0.25) is 10.1 Å². The van der Waals surface area contributed by atoms with Crippen LogP contribution < -0.4 is 0 Å². The number of imidazole rings is 1. The summed E-state index contributed by atoms with van der Waals surface area (Å²) in [6.45, 7) is 1.59. The average Bonchev–Trinajstić information content (AvgIpc) is 3.02. The smallest absolute Gasteiger partial charge is 0.294 e. The summed E-state index contributed by atoms with van der Waals surface area (Å²) in [5, 5.41) is 21.3. The van der Waals surface area contributed by atoms with Gasteiger partial charge in [0.05, 0.1) is 22.1 Å². The highest BCUT2D eigenvalue weighted by Crippen LogP contribution is 2.42. The molecule has 3 aromatic rings. The minimum atomic E-state index is -0.723. The van der Waals surface area contributed by atoms with Crippen LogP contribution in [0.1, 0.15) is 17.9 Å². The predicted molar refractivity (Wildman–Crippen MR) is 81.8 cm³/mol. The van der Waals surface area contributed by atoms with Gasteiger partial charge >= 0.3 is 0 Å². The number of nitrogens with one attached hydrogen (secondary N) is 1. The van der Waals surface area contributed by atoms with Crippen molar-refractivity contribution in [1.29, 1.82) is 0 Å². The Morgan fingerprint density at radius 2 is 2.24 bits per heavy atom. The first-order valence-electron chi connectivity index (χ1n) is 6.13. The summed E-state index contributed by atoms with van der Waals surface area (Å²) in [6, 6.07) is 8.97. The molecule has 6 nitrogen and oxygen atoms in total. The SMILES string of the molecule is C[C@@H](O)c1cc([N+](=O)[O-])c(Sc2nc3ccccc3[nH]2)s1. The van der Waals surface area contributed by atoms with Crippen molar-refractivity contribution in [2.75, 3.05) is 0 Å². The van der Waals surface area contributed by atoms with Gasteiger partial charge in [-0.2, -0.15) is 0 Å². The number of H-pyrrole nitrogens is 1. The highest BCUT2D eigenvalue weighted by molar-refractivity contribution is 8.01. The molecule has 0 amide bonds. The number of nitro groups is 1. The van der Waals surface area contributed by atoms with Crippen molar-refractivity contribution < 1.29 is 10.0 Å². The quantitative estimate of drug-likeness (QED) is 0.564. The van der Waals surface area contributed by atoms with Crippen LogP contribution >= 0.6 is 23.1 Å². The van der Waals surface area contributed by atoms with Crippen molar-refractivity contribution in [2.24, 2.45) is 0 Å². The summed E-state index contributed by atoms with van der Waals surface area (Å²) in [6.07, 6.45) is -0.723. The van der Waals surface area contributed by atoms with Gasteiger partial charge in [0.1, 0.15) is 4.21 Å². The number of thiophene rings is 1. The van der Waals surface area contributed by atoms with Gasteiger partial charge in [-0.05, 0) is 30.8 Å². The van der Waals surface area contributed by atoms with Gasteiger partial charge in [0.2, 0.25) is 0 Å². The molecule has 8 heteroatoms. The first-order chi connectivity index (χ1) is 10.0. The van der Waals surface area contributed by atoms with Crippen molar-refractivity contribution in [3.05, 3.63) is 45.3 Å². The molecular weight excluding hydrogens is 310 g/mol. The molecule has 3 rings (SSSR count). The van der Waals surface area contributed by atoms with Gasteiger partial charge in [-0.1, -0.05) is 12.1 Å². The standard InChI is InChI=1S/C13H11N3O3S2/c1-7(17)11-6-10(16(18)19)12(20-11)21-13-14-8-4-2-3-5-9(8)15-13/h2-7,17H,1H3,(H,14,15)/t7-/m1/s1. The lowest BCUT2D eigenvalue weighted by Gasteiger charge is -1.96. The van der Waals surface area contributed by atoms with Crippen molar-refractivity contribution in [1.82, 2.24) is 9.97 Å². The Labute approximate surface area is 128 Å². The van der Waals surface area contributed by atoms with Crippen LogP contribution in [0.4, 0.5) is 5.69 Å². The van der Waals surface area contributed by atoms with E-state index in [1.807, 2.05) is 24.3 Å². The lowest BCUT2D eigenvalue weighted by atomic mass is 10.3. The number of fused-ring (bicyclic) bond motifs is 1. The third-order valence-electron chi connectivity index (χ3n) is 2.86. The van der Waals surface area contributed by atoms with Gasteiger partial charge in [0.25, 0.3) is 5.69 Å². The van der Waals surface area contributed by atoms with E-state index in [0.29, 0.717) is 14.2 Å². The number of hydrogen-bond acceptors (Lipinski definition) is 6. The zero-order valence-electron chi connectivity index (χ0n) is 10.9. The van der Waals surface area contributed by atoms with E-state index in [-0.39, 0.29) is 5.69 Å². The maximum Gasteiger partial charge on any atom is 0.294 e. The topological polar surface area (TPSA) is 92.1 Å². The molecule has 0 aliphatic rings. The molecule has 0 unspecified atom stereocenters. The van der Waals surface area contributed by atoms with Gasteiger partial charge < -0.3 is 10.1 Å². The molecule has 21 heavy (non-hydrogen) atoms. The molecule has 0 bridgehead atoms. The van der Waals surface area contributed by atoms with Gasteiger partial charge in [-0.15, -0.1) is 11.3 Å². The first kappa shape index (κ1) is 14.1. The summed E-state index contributed by atoms with van der Waals surface area (Å²) in [5.41, 5.74) is 1.70. The number of rotatable bonds is 4. The van der Waals surface area contributed by atoms with Gasteiger partial charge in [0.15, 0.2) is 5.16 Å². The highest BCUT2D eigenvalue weighted by atomic mass is 32.2. The molecule has 1 aromatic carbocycles. The fourth-order valence-corrected chi connectivity index (χ4v) is 4.06. The van der Waals surface area contributed by atoms with E-state index in [1.54, 1.807) is 6.92 Å². The third kappa shape index (κ3) is 2.78. The Balaban J connectivity index is 1.98. The molecule has 108 valence electrons. The number of benzene rings is 1. The Morgan fingerprint density at radius 3 is 2.90 bits per heavy atom. The second-order valence-electron chi connectivity index (χ2n) is 4.42. The number of aliphatic hydroxyl groups is 1.